The Labute approximate surface area is 183 Å². The minimum absolute atomic E-state index is 0.145. The summed E-state index contributed by atoms with van der Waals surface area (Å²) in [6.07, 6.45) is 0. The number of aryl methyl sites for hydroxylation is 1. The molecule has 0 bridgehead atoms. The standard InChI is InChI=1S/C22H22N6O4/c1-4-26(5-2)15-6-8-16(9-7-15)27-24-18-12-14(3)17(13-19(18)25-27)23-22(29)20-10-11-21(32-20)28(30)31/h6-13H,4-5H2,1-3H3,(H,23,29). The third-order valence-electron chi connectivity index (χ3n) is 5.18. The molecule has 0 atom stereocenters. The number of hydrogen-bond donors (Lipinski definition) is 1. The smallest absolute Gasteiger partial charge is 0.395 e. The second kappa shape index (κ2) is 8.50. The molecule has 0 radical (unpaired) electrons. The van der Waals surface area contributed by atoms with Crippen LogP contribution in [0.25, 0.3) is 16.7 Å². The molecule has 0 unspecified atom stereocenters. The fourth-order valence-corrected chi connectivity index (χ4v) is 3.44. The third kappa shape index (κ3) is 4.02. The van der Waals surface area contributed by atoms with E-state index in [2.05, 4.69) is 34.3 Å². The average molecular weight is 434 g/mol. The molecule has 0 aliphatic rings. The van der Waals surface area contributed by atoms with Gasteiger partial charge in [-0.1, -0.05) is 0 Å². The minimum atomic E-state index is -0.693. The van der Waals surface area contributed by atoms with Gasteiger partial charge in [-0.2, -0.15) is 4.80 Å². The molecule has 4 rings (SSSR count). The quantitative estimate of drug-likeness (QED) is 0.340. The van der Waals surface area contributed by atoms with E-state index >= 15 is 0 Å². The molecule has 2 aromatic carbocycles. The lowest BCUT2D eigenvalue weighted by Crippen LogP contribution is -2.21. The lowest BCUT2D eigenvalue weighted by molar-refractivity contribution is -0.402. The first-order chi connectivity index (χ1) is 15.4. The van der Waals surface area contributed by atoms with Gasteiger partial charge in [0.1, 0.15) is 16.0 Å². The summed E-state index contributed by atoms with van der Waals surface area (Å²) in [5.74, 6) is -1.22. The lowest BCUT2D eigenvalue weighted by Gasteiger charge is -2.20. The molecule has 2 heterocycles. The van der Waals surface area contributed by atoms with Crippen LogP contribution in [0.15, 0.2) is 52.9 Å². The van der Waals surface area contributed by atoms with Gasteiger partial charge in [0.2, 0.25) is 0 Å². The first kappa shape index (κ1) is 21.0. The summed E-state index contributed by atoms with van der Waals surface area (Å²) in [4.78, 5) is 26.3. The lowest BCUT2D eigenvalue weighted by atomic mass is 10.1. The second-order valence-electron chi connectivity index (χ2n) is 7.18. The number of furan rings is 1. The molecule has 10 nitrogen and oxygen atoms in total. The summed E-state index contributed by atoms with van der Waals surface area (Å²) >= 11 is 0. The number of carbonyl (C=O) groups excluding carboxylic acids is 1. The van der Waals surface area contributed by atoms with Crippen LogP contribution in [0.4, 0.5) is 17.3 Å². The highest BCUT2D eigenvalue weighted by Crippen LogP contribution is 2.24. The van der Waals surface area contributed by atoms with E-state index < -0.39 is 16.7 Å². The predicted molar refractivity (Wildman–Crippen MR) is 120 cm³/mol. The molecule has 0 fully saturated rings. The summed E-state index contributed by atoms with van der Waals surface area (Å²) in [5, 5.41) is 22.6. The van der Waals surface area contributed by atoms with E-state index in [1.54, 1.807) is 10.9 Å². The van der Waals surface area contributed by atoms with Crippen LogP contribution in [0.3, 0.4) is 0 Å². The van der Waals surface area contributed by atoms with Gasteiger partial charge in [0, 0.05) is 24.5 Å². The summed E-state index contributed by atoms with van der Waals surface area (Å²) in [6, 6.07) is 13.9. The number of nitrogens with one attached hydrogen (secondary N) is 1. The third-order valence-corrected chi connectivity index (χ3v) is 5.18. The molecule has 10 heteroatoms. The number of nitrogens with zero attached hydrogens (tertiary/aromatic N) is 5. The molecule has 2 aromatic heterocycles. The van der Waals surface area contributed by atoms with Gasteiger partial charge in [-0.15, -0.1) is 10.2 Å². The Morgan fingerprint density at radius 1 is 1.09 bits per heavy atom. The van der Waals surface area contributed by atoms with Crippen LogP contribution in [-0.2, 0) is 0 Å². The SMILES string of the molecule is CCN(CC)c1ccc(-n2nc3cc(C)c(NC(=O)c4ccc([N+](=O)[O-])o4)cc3n2)cc1. The number of anilines is 2. The highest BCUT2D eigenvalue weighted by Gasteiger charge is 2.18. The molecule has 32 heavy (non-hydrogen) atoms. The van der Waals surface area contributed by atoms with Gasteiger partial charge >= 0.3 is 5.88 Å². The Bertz CT molecular complexity index is 1290. The van der Waals surface area contributed by atoms with Gasteiger partial charge < -0.3 is 14.6 Å². The van der Waals surface area contributed by atoms with Crippen molar-refractivity contribution in [2.75, 3.05) is 23.3 Å². The van der Waals surface area contributed by atoms with Crippen molar-refractivity contribution in [1.29, 1.82) is 0 Å². The number of rotatable bonds is 7. The van der Waals surface area contributed by atoms with Crippen LogP contribution in [0, 0.1) is 17.0 Å². The van der Waals surface area contributed by atoms with Gasteiger partial charge in [0.15, 0.2) is 5.76 Å². The summed E-state index contributed by atoms with van der Waals surface area (Å²) in [6.45, 7) is 7.92. The van der Waals surface area contributed by atoms with Gasteiger partial charge in [0.05, 0.1) is 11.8 Å². The van der Waals surface area contributed by atoms with Crippen molar-refractivity contribution in [2.24, 2.45) is 0 Å². The zero-order chi connectivity index (χ0) is 22.8. The van der Waals surface area contributed by atoms with E-state index in [0.717, 1.165) is 36.1 Å². The van der Waals surface area contributed by atoms with Gasteiger partial charge in [0.25, 0.3) is 5.91 Å². The fraction of sp³-hybridized carbons (Fsp3) is 0.227. The number of amides is 1. The first-order valence-corrected chi connectivity index (χ1v) is 10.2. The van der Waals surface area contributed by atoms with Crippen molar-refractivity contribution in [3.8, 4) is 5.69 Å². The Hall–Kier alpha value is -4.21. The molecule has 0 aliphatic carbocycles. The molecule has 164 valence electrons. The van der Waals surface area contributed by atoms with Crippen LogP contribution in [0.5, 0.6) is 0 Å². The fourth-order valence-electron chi connectivity index (χ4n) is 3.44. The van der Waals surface area contributed by atoms with Crippen molar-refractivity contribution < 1.29 is 14.1 Å². The van der Waals surface area contributed by atoms with E-state index in [9.17, 15) is 14.9 Å². The molecule has 0 aliphatic heterocycles. The summed E-state index contributed by atoms with van der Waals surface area (Å²) in [5.41, 5.74) is 4.53. The molecule has 4 aromatic rings. The predicted octanol–water partition coefficient (Wildman–Crippen LogP) is 4.33. The van der Waals surface area contributed by atoms with E-state index in [1.165, 1.54) is 6.07 Å². The van der Waals surface area contributed by atoms with Crippen molar-refractivity contribution in [2.45, 2.75) is 20.8 Å². The van der Waals surface area contributed by atoms with Crippen LogP contribution < -0.4 is 10.2 Å². The number of fused-ring (bicyclic) bond motifs is 1. The van der Waals surface area contributed by atoms with E-state index in [0.29, 0.717) is 16.7 Å². The van der Waals surface area contributed by atoms with Gasteiger partial charge in [-0.3, -0.25) is 14.9 Å². The number of hydrogen-bond acceptors (Lipinski definition) is 7. The van der Waals surface area contributed by atoms with Gasteiger partial charge in [-0.05, 0) is 68.8 Å². The molecular formula is C22H22N6O4. The molecule has 1 N–H and O–H groups in total. The monoisotopic (exact) mass is 434 g/mol. The largest absolute Gasteiger partial charge is 0.433 e. The summed E-state index contributed by atoms with van der Waals surface area (Å²) in [7, 11) is 0. The number of carbonyl (C=O) groups is 1. The maximum atomic E-state index is 12.4. The van der Waals surface area contributed by atoms with Crippen LogP contribution in [-0.4, -0.2) is 38.9 Å². The zero-order valence-electron chi connectivity index (χ0n) is 17.9. The maximum Gasteiger partial charge on any atom is 0.433 e. The summed E-state index contributed by atoms with van der Waals surface area (Å²) < 4.78 is 4.96. The van der Waals surface area contributed by atoms with Crippen molar-refractivity contribution in [1.82, 2.24) is 15.0 Å². The second-order valence-corrected chi connectivity index (χ2v) is 7.18. The van der Waals surface area contributed by atoms with Crippen LogP contribution >= 0.6 is 0 Å². The van der Waals surface area contributed by atoms with Crippen molar-refractivity contribution in [3.63, 3.8) is 0 Å². The minimum Gasteiger partial charge on any atom is -0.395 e. The molecular weight excluding hydrogens is 412 g/mol. The zero-order valence-corrected chi connectivity index (χ0v) is 17.9. The Morgan fingerprint density at radius 3 is 2.34 bits per heavy atom. The van der Waals surface area contributed by atoms with E-state index in [1.807, 2.05) is 37.3 Å². The van der Waals surface area contributed by atoms with Crippen LogP contribution in [0.2, 0.25) is 0 Å². The molecule has 0 saturated carbocycles. The number of benzene rings is 2. The number of aromatic nitrogens is 3. The Balaban J connectivity index is 1.59. The van der Waals surface area contributed by atoms with E-state index in [4.69, 9.17) is 4.42 Å². The first-order valence-electron chi connectivity index (χ1n) is 10.2. The normalized spacial score (nSPS) is 11.0. The molecule has 0 saturated heterocycles. The molecule has 1 amide bonds. The van der Waals surface area contributed by atoms with Crippen molar-refractivity contribution in [3.05, 3.63) is 70.0 Å². The Kier molecular flexibility index (Phi) is 5.59. The van der Waals surface area contributed by atoms with Gasteiger partial charge in [-0.25, -0.2) is 0 Å². The number of nitro groups is 1. The highest BCUT2D eigenvalue weighted by molar-refractivity contribution is 6.03. The average Bonchev–Trinajstić information content (AvgIpc) is 3.43. The molecule has 0 spiro atoms. The van der Waals surface area contributed by atoms with Crippen molar-refractivity contribution >= 4 is 34.2 Å². The highest BCUT2D eigenvalue weighted by atomic mass is 16.6. The Morgan fingerprint density at radius 2 is 1.75 bits per heavy atom. The van der Waals surface area contributed by atoms with E-state index in [-0.39, 0.29) is 5.76 Å². The maximum absolute atomic E-state index is 12.4. The van der Waals surface area contributed by atoms with Crippen LogP contribution in [0.1, 0.15) is 30.0 Å². The topological polar surface area (TPSA) is 119 Å².